The number of ether oxygens (including phenoxy) is 1. The Morgan fingerprint density at radius 1 is 1.53 bits per heavy atom. The predicted molar refractivity (Wildman–Crippen MR) is 53.7 cm³/mol. The number of hydrogen-bond acceptors (Lipinski definition) is 4. The zero-order valence-corrected chi connectivity index (χ0v) is 8.60. The van der Waals surface area contributed by atoms with Gasteiger partial charge in [-0.05, 0) is 25.5 Å². The lowest BCUT2D eigenvalue weighted by molar-refractivity contribution is 0.0516. The number of carbonyl (C=O) groups excluding carboxylic acids is 1. The number of carbonyl (C=O) groups is 1. The van der Waals surface area contributed by atoms with Gasteiger partial charge in [-0.25, -0.2) is 14.3 Å². The van der Waals surface area contributed by atoms with Gasteiger partial charge in [-0.2, -0.15) is 5.10 Å². The number of rotatable bonds is 2. The van der Waals surface area contributed by atoms with E-state index in [4.69, 9.17) is 4.74 Å². The first-order chi connectivity index (χ1) is 7.22. The minimum absolute atomic E-state index is 0.345. The third-order valence-electron chi connectivity index (χ3n) is 1.98. The summed E-state index contributed by atoms with van der Waals surface area (Å²) in [6.07, 6.45) is 3.15. The zero-order chi connectivity index (χ0) is 10.8. The summed E-state index contributed by atoms with van der Waals surface area (Å²) in [5.41, 5.74) is 2.01. The number of aryl methyl sites for hydroxylation is 1. The highest BCUT2D eigenvalue weighted by atomic mass is 16.5. The fourth-order valence-corrected chi connectivity index (χ4v) is 1.31. The minimum atomic E-state index is -0.402. The molecule has 5 heteroatoms. The normalized spacial score (nSPS) is 10.5. The average Bonchev–Trinajstić information content (AvgIpc) is 2.60. The number of fused-ring (bicyclic) bond motifs is 1. The first kappa shape index (κ1) is 9.64. The maximum Gasteiger partial charge on any atom is 0.358 e. The molecule has 0 radical (unpaired) electrons. The highest BCUT2D eigenvalue weighted by Gasteiger charge is 2.13. The van der Waals surface area contributed by atoms with Crippen molar-refractivity contribution < 1.29 is 9.53 Å². The van der Waals surface area contributed by atoms with Gasteiger partial charge in [0.05, 0.1) is 19.0 Å². The van der Waals surface area contributed by atoms with Crippen LogP contribution in [0.4, 0.5) is 0 Å². The Kier molecular flexibility index (Phi) is 2.37. The Balaban J connectivity index is 2.49. The van der Waals surface area contributed by atoms with Crippen LogP contribution in [0.2, 0.25) is 0 Å². The van der Waals surface area contributed by atoms with Crippen molar-refractivity contribution in [3.05, 3.63) is 29.7 Å². The van der Waals surface area contributed by atoms with Crippen molar-refractivity contribution in [1.29, 1.82) is 0 Å². The fourth-order valence-electron chi connectivity index (χ4n) is 1.31. The van der Waals surface area contributed by atoms with Gasteiger partial charge in [-0.1, -0.05) is 0 Å². The van der Waals surface area contributed by atoms with E-state index in [0.717, 1.165) is 5.56 Å². The molecule has 0 bridgehead atoms. The number of nitrogens with zero attached hydrogens (tertiary/aromatic N) is 3. The Hall–Kier alpha value is -1.91. The molecular weight excluding hydrogens is 194 g/mol. The summed E-state index contributed by atoms with van der Waals surface area (Å²) in [7, 11) is 0. The predicted octanol–water partition coefficient (Wildman–Crippen LogP) is 1.21. The Morgan fingerprint density at radius 3 is 3.07 bits per heavy atom. The number of imidazole rings is 1. The second kappa shape index (κ2) is 3.68. The van der Waals surface area contributed by atoms with Gasteiger partial charge in [0.15, 0.2) is 11.3 Å². The minimum Gasteiger partial charge on any atom is -0.461 e. The van der Waals surface area contributed by atoms with E-state index in [-0.39, 0.29) is 0 Å². The zero-order valence-electron chi connectivity index (χ0n) is 8.60. The van der Waals surface area contributed by atoms with Gasteiger partial charge in [0.1, 0.15) is 0 Å². The van der Waals surface area contributed by atoms with Crippen molar-refractivity contribution in [2.24, 2.45) is 0 Å². The standard InChI is InChI=1S/C10H11N3O2/c1-3-15-10(14)8-6-11-9-4-7(2)5-12-13(8)9/h4-6H,3H2,1-2H3. The molecule has 0 atom stereocenters. The molecule has 0 aliphatic heterocycles. The summed E-state index contributed by atoms with van der Waals surface area (Å²) in [5.74, 6) is -0.402. The third-order valence-corrected chi connectivity index (χ3v) is 1.98. The molecule has 2 aromatic rings. The maximum absolute atomic E-state index is 11.5. The van der Waals surface area contributed by atoms with Gasteiger partial charge in [0, 0.05) is 0 Å². The number of esters is 1. The smallest absolute Gasteiger partial charge is 0.358 e. The SMILES string of the molecule is CCOC(=O)c1cnc2cc(C)cnn12. The first-order valence-electron chi connectivity index (χ1n) is 4.70. The summed E-state index contributed by atoms with van der Waals surface area (Å²) >= 11 is 0. The van der Waals surface area contributed by atoms with Crippen molar-refractivity contribution >= 4 is 11.6 Å². The summed E-state index contributed by atoms with van der Waals surface area (Å²) in [5, 5.41) is 4.10. The molecule has 2 heterocycles. The van der Waals surface area contributed by atoms with E-state index in [1.807, 2.05) is 13.0 Å². The van der Waals surface area contributed by atoms with Crippen LogP contribution in [0, 0.1) is 6.92 Å². The van der Waals surface area contributed by atoms with Crippen LogP contribution < -0.4 is 0 Å². The quantitative estimate of drug-likeness (QED) is 0.691. The molecule has 78 valence electrons. The van der Waals surface area contributed by atoms with Crippen LogP contribution in [0.15, 0.2) is 18.5 Å². The molecule has 0 spiro atoms. The summed E-state index contributed by atoms with van der Waals surface area (Å²) in [6, 6.07) is 1.86. The summed E-state index contributed by atoms with van der Waals surface area (Å²) < 4.78 is 6.36. The summed E-state index contributed by atoms with van der Waals surface area (Å²) in [4.78, 5) is 15.6. The van der Waals surface area contributed by atoms with Gasteiger partial charge in [-0.15, -0.1) is 0 Å². The lowest BCUT2D eigenvalue weighted by Gasteiger charge is -2.00. The molecule has 0 aliphatic carbocycles. The van der Waals surface area contributed by atoms with Gasteiger partial charge in [-0.3, -0.25) is 0 Å². The van der Waals surface area contributed by atoms with Crippen LogP contribution in [0.3, 0.4) is 0 Å². The molecule has 2 aromatic heterocycles. The van der Waals surface area contributed by atoms with Crippen molar-refractivity contribution in [2.45, 2.75) is 13.8 Å². The molecule has 0 saturated carbocycles. The Morgan fingerprint density at radius 2 is 2.33 bits per heavy atom. The highest BCUT2D eigenvalue weighted by molar-refractivity contribution is 5.88. The fraction of sp³-hybridized carbons (Fsp3) is 0.300. The molecule has 0 aromatic carbocycles. The lowest BCUT2D eigenvalue weighted by Crippen LogP contribution is -2.09. The van der Waals surface area contributed by atoms with Crippen LogP contribution >= 0.6 is 0 Å². The molecule has 2 rings (SSSR count). The van der Waals surface area contributed by atoms with Crippen molar-refractivity contribution in [3.8, 4) is 0 Å². The average molecular weight is 205 g/mol. The third kappa shape index (κ3) is 1.68. The van der Waals surface area contributed by atoms with Crippen molar-refractivity contribution in [3.63, 3.8) is 0 Å². The highest BCUT2D eigenvalue weighted by Crippen LogP contribution is 2.07. The number of hydrogen-bond donors (Lipinski definition) is 0. The largest absolute Gasteiger partial charge is 0.461 e. The molecule has 0 aliphatic rings. The van der Waals surface area contributed by atoms with Crippen molar-refractivity contribution in [1.82, 2.24) is 14.6 Å². The molecule has 15 heavy (non-hydrogen) atoms. The van der Waals surface area contributed by atoms with Gasteiger partial charge in [0.25, 0.3) is 0 Å². The number of aromatic nitrogens is 3. The molecule has 0 amide bonds. The maximum atomic E-state index is 11.5. The molecule has 0 fully saturated rings. The van der Waals surface area contributed by atoms with Crippen LogP contribution in [0.1, 0.15) is 23.0 Å². The first-order valence-corrected chi connectivity index (χ1v) is 4.70. The molecule has 0 unspecified atom stereocenters. The van der Waals surface area contributed by atoms with E-state index in [2.05, 4.69) is 10.1 Å². The van der Waals surface area contributed by atoms with E-state index in [9.17, 15) is 4.79 Å². The van der Waals surface area contributed by atoms with E-state index in [1.54, 1.807) is 13.1 Å². The second-order valence-corrected chi connectivity index (χ2v) is 3.17. The monoisotopic (exact) mass is 205 g/mol. The topological polar surface area (TPSA) is 56.5 Å². The van der Waals surface area contributed by atoms with Crippen LogP contribution in [-0.2, 0) is 4.74 Å². The molecule has 0 saturated heterocycles. The van der Waals surface area contributed by atoms with Crippen molar-refractivity contribution in [2.75, 3.05) is 6.61 Å². The van der Waals surface area contributed by atoms with Crippen LogP contribution in [0.25, 0.3) is 5.65 Å². The summed E-state index contributed by atoms with van der Waals surface area (Å²) in [6.45, 7) is 4.03. The van der Waals surface area contributed by atoms with E-state index >= 15 is 0 Å². The van der Waals surface area contributed by atoms with Crippen LogP contribution in [0.5, 0.6) is 0 Å². The molecule has 0 N–H and O–H groups in total. The Bertz CT molecular complexity index is 504. The Labute approximate surface area is 86.7 Å². The van der Waals surface area contributed by atoms with Gasteiger partial charge < -0.3 is 4.74 Å². The van der Waals surface area contributed by atoms with Gasteiger partial charge in [0.2, 0.25) is 0 Å². The van der Waals surface area contributed by atoms with Gasteiger partial charge >= 0.3 is 5.97 Å². The van der Waals surface area contributed by atoms with Crippen LogP contribution in [-0.4, -0.2) is 27.2 Å². The second-order valence-electron chi connectivity index (χ2n) is 3.17. The molecule has 5 nitrogen and oxygen atoms in total. The molecular formula is C10H11N3O2. The van der Waals surface area contributed by atoms with E-state index in [1.165, 1.54) is 10.7 Å². The lowest BCUT2D eigenvalue weighted by atomic mass is 10.3. The van der Waals surface area contributed by atoms with E-state index in [0.29, 0.717) is 17.9 Å². The van der Waals surface area contributed by atoms with E-state index < -0.39 is 5.97 Å².